The van der Waals surface area contributed by atoms with Crippen molar-refractivity contribution in [3.05, 3.63) is 88.2 Å². The summed E-state index contributed by atoms with van der Waals surface area (Å²) in [5.74, 6) is -0.292. The summed E-state index contributed by atoms with van der Waals surface area (Å²) in [5.41, 5.74) is 5.83. The van der Waals surface area contributed by atoms with Crippen molar-refractivity contribution in [2.24, 2.45) is 0 Å². The molecule has 172 valence electrons. The van der Waals surface area contributed by atoms with Gasteiger partial charge in [-0.3, -0.25) is 9.48 Å². The van der Waals surface area contributed by atoms with Crippen molar-refractivity contribution in [3.8, 4) is 5.75 Å². The highest BCUT2D eigenvalue weighted by Crippen LogP contribution is 2.18. The lowest BCUT2D eigenvalue weighted by Crippen LogP contribution is -2.28. The van der Waals surface area contributed by atoms with Crippen molar-refractivity contribution in [1.29, 1.82) is 0 Å². The zero-order valence-electron chi connectivity index (χ0n) is 19.4. The molecule has 0 bridgehead atoms. The van der Waals surface area contributed by atoms with Gasteiger partial charge in [0.2, 0.25) is 0 Å². The Bertz CT molecular complexity index is 1150. The highest BCUT2D eigenvalue weighted by atomic mass is 16.5. The molecule has 1 aromatic heterocycles. The Morgan fingerprint density at radius 1 is 1.06 bits per heavy atom. The summed E-state index contributed by atoms with van der Waals surface area (Å²) in [6.07, 6.45) is 3.00. The van der Waals surface area contributed by atoms with E-state index in [2.05, 4.69) is 41.6 Å². The van der Waals surface area contributed by atoms with E-state index >= 15 is 0 Å². The molecule has 0 radical (unpaired) electrons. The molecule has 1 N–H and O–H groups in total. The average Bonchev–Trinajstić information content (AvgIpc) is 3.08. The van der Waals surface area contributed by atoms with Crippen LogP contribution >= 0.6 is 0 Å². The van der Waals surface area contributed by atoms with Crippen LogP contribution in [0.1, 0.15) is 33.6 Å². The number of hydrogen-bond acceptors (Lipinski definition) is 5. The van der Waals surface area contributed by atoms with E-state index in [1.165, 1.54) is 11.6 Å². The van der Waals surface area contributed by atoms with Crippen LogP contribution < -0.4 is 10.1 Å². The number of aryl methyl sites for hydroxylation is 2. The molecule has 0 aliphatic rings. The molecule has 0 unspecified atom stereocenters. The van der Waals surface area contributed by atoms with E-state index in [1.807, 2.05) is 42.8 Å². The number of carbonyl (C=O) groups is 2. The largest absolute Gasteiger partial charge is 0.496 e. The standard InChI is InChI=1S/C26H29N3O4/c1-18-9-11-21(12-10-18)16-29-20(3)23(19(2)28-29)13-14-26(31)33-17-25(30)27-15-22-7-5-6-8-24(22)32-4/h5-14H,15-17H2,1-4H3,(H,27,30)/b14-13+. The minimum absolute atomic E-state index is 0.287. The molecule has 3 rings (SSSR count). The number of esters is 1. The first-order valence-electron chi connectivity index (χ1n) is 10.7. The Morgan fingerprint density at radius 3 is 2.52 bits per heavy atom. The molecular weight excluding hydrogens is 418 g/mol. The van der Waals surface area contributed by atoms with Gasteiger partial charge in [0.05, 0.1) is 19.3 Å². The lowest BCUT2D eigenvalue weighted by molar-refractivity contribution is -0.143. The molecule has 0 saturated carbocycles. The van der Waals surface area contributed by atoms with E-state index in [9.17, 15) is 9.59 Å². The Kier molecular flexibility index (Phi) is 8.02. The van der Waals surface area contributed by atoms with E-state index in [1.54, 1.807) is 13.2 Å². The van der Waals surface area contributed by atoms with Crippen LogP contribution in [0.4, 0.5) is 0 Å². The van der Waals surface area contributed by atoms with E-state index in [4.69, 9.17) is 9.47 Å². The maximum atomic E-state index is 12.1. The summed E-state index contributed by atoms with van der Waals surface area (Å²) in [5, 5.41) is 7.30. The normalized spacial score (nSPS) is 10.9. The first-order chi connectivity index (χ1) is 15.9. The molecule has 0 fully saturated rings. The summed E-state index contributed by atoms with van der Waals surface area (Å²) in [6, 6.07) is 15.7. The van der Waals surface area contributed by atoms with Crippen molar-refractivity contribution in [2.75, 3.05) is 13.7 Å². The van der Waals surface area contributed by atoms with Gasteiger partial charge in [0, 0.05) is 29.4 Å². The van der Waals surface area contributed by atoms with E-state index in [0.29, 0.717) is 12.3 Å². The minimum atomic E-state index is -0.590. The fraction of sp³-hybridized carbons (Fsp3) is 0.269. The number of nitrogens with zero attached hydrogens (tertiary/aromatic N) is 2. The van der Waals surface area contributed by atoms with Gasteiger partial charge in [-0.25, -0.2) is 4.79 Å². The number of nitrogens with one attached hydrogen (secondary N) is 1. The lowest BCUT2D eigenvalue weighted by Gasteiger charge is -2.09. The van der Waals surface area contributed by atoms with Gasteiger partial charge >= 0.3 is 5.97 Å². The summed E-state index contributed by atoms with van der Waals surface area (Å²) in [4.78, 5) is 24.1. The molecule has 0 spiro atoms. The quantitative estimate of drug-likeness (QED) is 0.399. The molecule has 1 amide bonds. The van der Waals surface area contributed by atoms with Crippen LogP contribution in [0.2, 0.25) is 0 Å². The molecule has 0 saturated heterocycles. The third kappa shape index (κ3) is 6.55. The Morgan fingerprint density at radius 2 is 1.79 bits per heavy atom. The molecule has 0 aliphatic heterocycles. The molecule has 2 aromatic carbocycles. The van der Waals surface area contributed by atoms with Crippen molar-refractivity contribution in [2.45, 2.75) is 33.9 Å². The number of methoxy groups -OCH3 is 1. The fourth-order valence-corrected chi connectivity index (χ4v) is 3.40. The van der Waals surface area contributed by atoms with E-state index < -0.39 is 5.97 Å². The SMILES string of the molecule is COc1ccccc1CNC(=O)COC(=O)/C=C/c1c(C)nn(Cc2ccc(C)cc2)c1C. The Balaban J connectivity index is 1.52. The molecule has 3 aromatic rings. The number of amides is 1. The van der Waals surface area contributed by atoms with Crippen molar-refractivity contribution < 1.29 is 19.1 Å². The van der Waals surface area contributed by atoms with Crippen molar-refractivity contribution in [1.82, 2.24) is 15.1 Å². The number of aromatic nitrogens is 2. The molecule has 33 heavy (non-hydrogen) atoms. The monoisotopic (exact) mass is 447 g/mol. The summed E-state index contributed by atoms with van der Waals surface area (Å²) >= 11 is 0. The maximum absolute atomic E-state index is 12.1. The fourth-order valence-electron chi connectivity index (χ4n) is 3.40. The van der Waals surface area contributed by atoms with Crippen LogP contribution in [0, 0.1) is 20.8 Å². The first-order valence-corrected chi connectivity index (χ1v) is 10.7. The zero-order chi connectivity index (χ0) is 23.8. The highest BCUT2D eigenvalue weighted by molar-refractivity contribution is 5.89. The van der Waals surface area contributed by atoms with Crippen LogP contribution in [0.5, 0.6) is 5.75 Å². The average molecular weight is 448 g/mol. The number of ether oxygens (including phenoxy) is 2. The predicted molar refractivity (Wildman–Crippen MR) is 127 cm³/mol. The number of carbonyl (C=O) groups excluding carboxylic acids is 2. The minimum Gasteiger partial charge on any atom is -0.496 e. The summed E-state index contributed by atoms with van der Waals surface area (Å²) in [7, 11) is 1.57. The van der Waals surface area contributed by atoms with Gasteiger partial charge in [0.25, 0.3) is 5.91 Å². The number of hydrogen-bond donors (Lipinski definition) is 1. The Labute approximate surface area is 194 Å². The molecule has 0 aliphatic carbocycles. The van der Waals surface area contributed by atoms with Gasteiger partial charge in [-0.15, -0.1) is 0 Å². The molecule has 1 heterocycles. The van der Waals surface area contributed by atoms with Crippen molar-refractivity contribution in [3.63, 3.8) is 0 Å². The van der Waals surface area contributed by atoms with E-state index in [-0.39, 0.29) is 19.1 Å². The number of para-hydroxylation sites is 1. The number of rotatable bonds is 9. The molecular formula is C26H29N3O4. The topological polar surface area (TPSA) is 82.4 Å². The van der Waals surface area contributed by atoms with Gasteiger partial charge in [-0.05, 0) is 38.5 Å². The molecule has 0 atom stereocenters. The third-order valence-corrected chi connectivity index (χ3v) is 5.29. The summed E-state index contributed by atoms with van der Waals surface area (Å²) < 4.78 is 12.2. The van der Waals surface area contributed by atoms with Crippen LogP contribution in [-0.4, -0.2) is 35.4 Å². The van der Waals surface area contributed by atoms with Gasteiger partial charge in [0.15, 0.2) is 6.61 Å². The van der Waals surface area contributed by atoms with Gasteiger partial charge in [-0.2, -0.15) is 5.10 Å². The van der Waals surface area contributed by atoms with Crippen LogP contribution in [0.15, 0.2) is 54.6 Å². The third-order valence-electron chi connectivity index (χ3n) is 5.29. The Hall–Kier alpha value is -3.87. The zero-order valence-corrected chi connectivity index (χ0v) is 19.4. The smallest absolute Gasteiger partial charge is 0.331 e. The van der Waals surface area contributed by atoms with Crippen LogP contribution in [0.25, 0.3) is 6.08 Å². The second-order valence-corrected chi connectivity index (χ2v) is 7.76. The number of benzene rings is 2. The van der Waals surface area contributed by atoms with Crippen molar-refractivity contribution >= 4 is 18.0 Å². The molecule has 7 nitrogen and oxygen atoms in total. The van der Waals surface area contributed by atoms with Gasteiger partial charge in [-0.1, -0.05) is 48.0 Å². The highest BCUT2D eigenvalue weighted by Gasteiger charge is 2.11. The summed E-state index contributed by atoms with van der Waals surface area (Å²) in [6.45, 7) is 6.49. The van der Waals surface area contributed by atoms with Crippen LogP contribution in [-0.2, 0) is 27.4 Å². The van der Waals surface area contributed by atoms with Crippen LogP contribution in [0.3, 0.4) is 0 Å². The first kappa shape index (κ1) is 23.8. The maximum Gasteiger partial charge on any atom is 0.331 e. The lowest BCUT2D eigenvalue weighted by atomic mass is 10.1. The predicted octanol–water partition coefficient (Wildman–Crippen LogP) is 3.74. The molecule has 7 heteroatoms. The van der Waals surface area contributed by atoms with E-state index in [0.717, 1.165) is 28.1 Å². The van der Waals surface area contributed by atoms with Gasteiger partial charge in [0.1, 0.15) is 5.75 Å². The second kappa shape index (κ2) is 11.1. The second-order valence-electron chi connectivity index (χ2n) is 7.76. The van der Waals surface area contributed by atoms with Gasteiger partial charge < -0.3 is 14.8 Å².